The van der Waals surface area contributed by atoms with Gasteiger partial charge in [-0.1, -0.05) is 48.5 Å². The van der Waals surface area contributed by atoms with Crippen molar-refractivity contribution >= 4 is 0 Å². The van der Waals surface area contributed by atoms with E-state index < -0.39 is 0 Å². The van der Waals surface area contributed by atoms with Gasteiger partial charge in [-0.2, -0.15) is 0 Å². The summed E-state index contributed by atoms with van der Waals surface area (Å²) in [5.41, 5.74) is 2.76. The molecule has 2 aromatic rings. The van der Waals surface area contributed by atoms with Gasteiger partial charge in [0.25, 0.3) is 0 Å². The monoisotopic (exact) mass is 322 g/mol. The van der Waals surface area contributed by atoms with Gasteiger partial charge in [0.05, 0.1) is 7.11 Å². The highest BCUT2D eigenvalue weighted by Crippen LogP contribution is 2.44. The van der Waals surface area contributed by atoms with Crippen molar-refractivity contribution in [2.75, 3.05) is 33.8 Å². The zero-order valence-electron chi connectivity index (χ0n) is 14.6. The van der Waals surface area contributed by atoms with Crippen molar-refractivity contribution in [3.05, 3.63) is 65.7 Å². The third-order valence-electron chi connectivity index (χ3n) is 5.70. The summed E-state index contributed by atoms with van der Waals surface area (Å²) in [5.74, 6) is 2.51. The number of methoxy groups -OCH3 is 1. The molecule has 0 amide bonds. The van der Waals surface area contributed by atoms with Crippen LogP contribution < -0.4 is 4.74 Å². The summed E-state index contributed by atoms with van der Waals surface area (Å²) in [6, 6.07) is 20.0. The van der Waals surface area contributed by atoms with Crippen LogP contribution >= 0.6 is 0 Å². The summed E-state index contributed by atoms with van der Waals surface area (Å²) in [4.78, 5) is 5.15. The third kappa shape index (κ3) is 2.83. The SMILES string of the molecule is COc1ccccc1CN1C[C@@H]2CN(C)[C@@H](c3ccccc3)[C@@H]2C1. The molecule has 3 heteroatoms. The fourth-order valence-electron chi connectivity index (χ4n) is 4.71. The second-order valence-electron chi connectivity index (χ2n) is 7.22. The molecule has 0 spiro atoms. The standard InChI is InChI=1S/C21H26N2O/c1-22-12-18-14-23(13-17-10-6-7-11-20(17)24-2)15-19(18)21(22)16-8-4-3-5-9-16/h3-11,18-19,21H,12-15H2,1-2H3/t18-,19+,21-/m0/s1. The van der Waals surface area contributed by atoms with Crippen LogP contribution in [0.25, 0.3) is 0 Å². The van der Waals surface area contributed by atoms with Crippen LogP contribution in [0.15, 0.2) is 54.6 Å². The fraction of sp³-hybridized carbons (Fsp3) is 0.429. The van der Waals surface area contributed by atoms with Crippen molar-refractivity contribution < 1.29 is 4.74 Å². The average molecular weight is 322 g/mol. The molecule has 2 heterocycles. The second-order valence-corrected chi connectivity index (χ2v) is 7.22. The maximum Gasteiger partial charge on any atom is 0.123 e. The van der Waals surface area contributed by atoms with Gasteiger partial charge in [-0.3, -0.25) is 9.80 Å². The van der Waals surface area contributed by atoms with Crippen LogP contribution in [0.5, 0.6) is 5.75 Å². The molecule has 2 fully saturated rings. The Balaban J connectivity index is 1.50. The number of likely N-dealkylation sites (tertiary alicyclic amines) is 2. The second kappa shape index (κ2) is 6.58. The number of rotatable bonds is 4. The average Bonchev–Trinajstić information content (AvgIpc) is 3.11. The Morgan fingerprint density at radius 3 is 2.50 bits per heavy atom. The van der Waals surface area contributed by atoms with E-state index in [2.05, 4.69) is 65.4 Å². The number of benzene rings is 2. The topological polar surface area (TPSA) is 15.7 Å². The molecule has 3 atom stereocenters. The van der Waals surface area contributed by atoms with Gasteiger partial charge in [-0.15, -0.1) is 0 Å². The number of hydrogen-bond acceptors (Lipinski definition) is 3. The minimum Gasteiger partial charge on any atom is -0.496 e. The van der Waals surface area contributed by atoms with E-state index in [4.69, 9.17) is 4.74 Å². The molecule has 2 aliphatic rings. The predicted molar refractivity (Wildman–Crippen MR) is 97.1 cm³/mol. The Morgan fingerprint density at radius 2 is 1.71 bits per heavy atom. The van der Waals surface area contributed by atoms with Crippen LogP contribution in [0.1, 0.15) is 17.2 Å². The molecule has 4 rings (SSSR count). The van der Waals surface area contributed by atoms with Gasteiger partial charge in [0.2, 0.25) is 0 Å². The highest BCUT2D eigenvalue weighted by atomic mass is 16.5. The molecule has 2 aromatic carbocycles. The molecule has 0 unspecified atom stereocenters. The molecule has 0 N–H and O–H groups in total. The summed E-state index contributed by atoms with van der Waals surface area (Å²) in [6.07, 6.45) is 0. The van der Waals surface area contributed by atoms with Crippen LogP contribution in [0.2, 0.25) is 0 Å². The van der Waals surface area contributed by atoms with E-state index in [-0.39, 0.29) is 0 Å². The lowest BCUT2D eigenvalue weighted by Crippen LogP contribution is -2.29. The predicted octanol–water partition coefficient (Wildman–Crippen LogP) is 3.43. The molecule has 24 heavy (non-hydrogen) atoms. The maximum absolute atomic E-state index is 5.52. The zero-order valence-corrected chi connectivity index (χ0v) is 14.6. The minimum absolute atomic E-state index is 0.555. The summed E-state index contributed by atoms with van der Waals surface area (Å²) < 4.78 is 5.52. The smallest absolute Gasteiger partial charge is 0.123 e. The molecular weight excluding hydrogens is 296 g/mol. The van der Waals surface area contributed by atoms with E-state index in [1.807, 2.05) is 6.07 Å². The Kier molecular flexibility index (Phi) is 4.30. The number of para-hydroxylation sites is 1. The lowest BCUT2D eigenvalue weighted by Gasteiger charge is -2.27. The van der Waals surface area contributed by atoms with Gasteiger partial charge in [0, 0.05) is 37.8 Å². The molecule has 0 bridgehead atoms. The van der Waals surface area contributed by atoms with Gasteiger partial charge < -0.3 is 4.74 Å². The normalized spacial score (nSPS) is 27.3. The van der Waals surface area contributed by atoms with Gasteiger partial charge in [-0.25, -0.2) is 0 Å². The zero-order chi connectivity index (χ0) is 16.5. The van der Waals surface area contributed by atoms with Crippen molar-refractivity contribution in [1.82, 2.24) is 9.80 Å². The quantitative estimate of drug-likeness (QED) is 0.858. The first-order valence-electron chi connectivity index (χ1n) is 8.85. The number of ether oxygens (including phenoxy) is 1. The first kappa shape index (κ1) is 15.7. The molecule has 0 aliphatic carbocycles. The molecule has 126 valence electrons. The van der Waals surface area contributed by atoms with Crippen LogP contribution in [-0.4, -0.2) is 43.6 Å². The number of hydrogen-bond donors (Lipinski definition) is 0. The highest BCUT2D eigenvalue weighted by molar-refractivity contribution is 5.33. The lowest BCUT2D eigenvalue weighted by atomic mass is 9.90. The first-order valence-corrected chi connectivity index (χ1v) is 8.85. The van der Waals surface area contributed by atoms with E-state index >= 15 is 0 Å². The van der Waals surface area contributed by atoms with Gasteiger partial charge in [-0.05, 0) is 30.5 Å². The van der Waals surface area contributed by atoms with E-state index in [9.17, 15) is 0 Å². The fourth-order valence-corrected chi connectivity index (χ4v) is 4.71. The van der Waals surface area contributed by atoms with Crippen molar-refractivity contribution in [3.63, 3.8) is 0 Å². The van der Waals surface area contributed by atoms with Crippen molar-refractivity contribution in [2.45, 2.75) is 12.6 Å². The van der Waals surface area contributed by atoms with Gasteiger partial charge in [0.15, 0.2) is 0 Å². The number of fused-ring (bicyclic) bond motifs is 1. The maximum atomic E-state index is 5.52. The molecule has 0 saturated carbocycles. The molecule has 2 saturated heterocycles. The Labute approximate surface area is 144 Å². The summed E-state index contributed by atoms with van der Waals surface area (Å²) >= 11 is 0. The summed E-state index contributed by atoms with van der Waals surface area (Å²) in [7, 11) is 4.04. The van der Waals surface area contributed by atoms with E-state index in [0.717, 1.165) is 24.1 Å². The van der Waals surface area contributed by atoms with E-state index in [0.29, 0.717) is 6.04 Å². The summed E-state index contributed by atoms with van der Waals surface area (Å²) in [5, 5.41) is 0. The Morgan fingerprint density at radius 1 is 0.958 bits per heavy atom. The van der Waals surface area contributed by atoms with Gasteiger partial charge >= 0.3 is 0 Å². The minimum atomic E-state index is 0.555. The van der Waals surface area contributed by atoms with Crippen LogP contribution in [0, 0.1) is 11.8 Å². The van der Waals surface area contributed by atoms with Gasteiger partial charge in [0.1, 0.15) is 5.75 Å². The van der Waals surface area contributed by atoms with Crippen molar-refractivity contribution in [2.24, 2.45) is 11.8 Å². The molecule has 0 aromatic heterocycles. The first-order chi connectivity index (χ1) is 11.8. The molecule has 3 nitrogen and oxygen atoms in total. The summed E-state index contributed by atoms with van der Waals surface area (Å²) in [6.45, 7) is 4.55. The Hall–Kier alpha value is -1.84. The molecular formula is C21H26N2O. The molecule has 0 radical (unpaired) electrons. The van der Waals surface area contributed by atoms with E-state index in [1.165, 1.54) is 30.8 Å². The van der Waals surface area contributed by atoms with Crippen LogP contribution in [0.4, 0.5) is 0 Å². The van der Waals surface area contributed by atoms with Crippen molar-refractivity contribution in [1.29, 1.82) is 0 Å². The third-order valence-corrected chi connectivity index (χ3v) is 5.70. The van der Waals surface area contributed by atoms with Crippen LogP contribution in [0.3, 0.4) is 0 Å². The Bertz CT molecular complexity index is 687. The lowest BCUT2D eigenvalue weighted by molar-refractivity contribution is 0.223. The highest BCUT2D eigenvalue weighted by Gasteiger charge is 2.45. The van der Waals surface area contributed by atoms with E-state index in [1.54, 1.807) is 7.11 Å². The number of nitrogens with zero attached hydrogens (tertiary/aromatic N) is 2. The molecule has 2 aliphatic heterocycles. The largest absolute Gasteiger partial charge is 0.496 e. The van der Waals surface area contributed by atoms with Crippen molar-refractivity contribution in [3.8, 4) is 5.75 Å². The van der Waals surface area contributed by atoms with Crippen LogP contribution in [-0.2, 0) is 6.54 Å².